The number of hydrogen-bond acceptors (Lipinski definition) is 8. The van der Waals surface area contributed by atoms with E-state index in [9.17, 15) is 14.4 Å². The number of thioether (sulfide) groups is 1. The van der Waals surface area contributed by atoms with Crippen LogP contribution in [0.2, 0.25) is 0 Å². The van der Waals surface area contributed by atoms with E-state index in [0.29, 0.717) is 35.1 Å². The smallest absolute Gasteiger partial charge is 0.326 e. The van der Waals surface area contributed by atoms with Gasteiger partial charge in [-0.05, 0) is 38.4 Å². The molecule has 11 nitrogen and oxygen atoms in total. The Morgan fingerprint density at radius 2 is 2.08 bits per heavy atom. The number of rotatable bonds is 10. The van der Waals surface area contributed by atoms with Gasteiger partial charge in [-0.15, -0.1) is 11.8 Å². The van der Waals surface area contributed by atoms with Gasteiger partial charge in [0.05, 0.1) is 22.0 Å². The Labute approximate surface area is 213 Å². The van der Waals surface area contributed by atoms with Crippen molar-refractivity contribution in [2.24, 2.45) is 0 Å². The number of nitrogens with zero attached hydrogens (tertiary/aromatic N) is 4. The van der Waals surface area contributed by atoms with Gasteiger partial charge < -0.3 is 20.9 Å². The molecule has 1 saturated heterocycles. The highest BCUT2D eigenvalue weighted by molar-refractivity contribution is 8.04. The van der Waals surface area contributed by atoms with Crippen molar-refractivity contribution in [3.63, 3.8) is 0 Å². The first-order chi connectivity index (χ1) is 17.4. The molecular weight excluding hydrogens is 480 g/mol. The molecule has 4 heterocycles. The highest BCUT2D eigenvalue weighted by atomic mass is 32.2. The van der Waals surface area contributed by atoms with Crippen molar-refractivity contribution in [1.29, 1.82) is 0 Å². The highest BCUT2D eigenvalue weighted by Crippen LogP contribution is 2.44. The minimum atomic E-state index is -0.552. The van der Waals surface area contributed by atoms with E-state index in [0.717, 1.165) is 44.0 Å². The molecule has 2 aromatic heterocycles. The Morgan fingerprint density at radius 3 is 2.78 bits per heavy atom. The number of amides is 4. The van der Waals surface area contributed by atoms with Crippen LogP contribution in [0.1, 0.15) is 49.6 Å². The number of urea groups is 1. The van der Waals surface area contributed by atoms with Gasteiger partial charge in [0, 0.05) is 30.8 Å². The minimum Gasteiger partial charge on any atom is -0.367 e. The number of nitrogens with one attached hydrogen (secondary N) is 4. The predicted octanol–water partition coefficient (Wildman–Crippen LogP) is 2.00. The molecule has 2 aromatic rings. The number of allylic oxidation sites excluding steroid dienone is 1. The lowest BCUT2D eigenvalue weighted by atomic mass is 10.2. The first-order valence-corrected chi connectivity index (χ1v) is 13.2. The van der Waals surface area contributed by atoms with Crippen LogP contribution >= 0.6 is 11.8 Å². The first-order valence-electron chi connectivity index (χ1n) is 12.3. The molecule has 0 bridgehead atoms. The lowest BCUT2D eigenvalue weighted by molar-refractivity contribution is -0.117. The van der Waals surface area contributed by atoms with Crippen molar-refractivity contribution in [3.05, 3.63) is 40.2 Å². The van der Waals surface area contributed by atoms with E-state index in [1.54, 1.807) is 16.8 Å². The van der Waals surface area contributed by atoms with Gasteiger partial charge in [-0.1, -0.05) is 19.9 Å². The van der Waals surface area contributed by atoms with Crippen molar-refractivity contribution in [2.45, 2.75) is 44.4 Å². The third-order valence-electron chi connectivity index (χ3n) is 6.42. The minimum absolute atomic E-state index is 0.0110. The van der Waals surface area contributed by atoms with E-state index >= 15 is 0 Å². The van der Waals surface area contributed by atoms with E-state index in [4.69, 9.17) is 4.98 Å². The monoisotopic (exact) mass is 510 g/mol. The van der Waals surface area contributed by atoms with Crippen molar-refractivity contribution < 1.29 is 14.4 Å². The number of hydrogen-bond donors (Lipinski definition) is 4. The Balaban J connectivity index is 1.35. The quantitative estimate of drug-likeness (QED) is 0.282. The standard InChI is InChI=1S/C24H30N8O3S/c1-3-31(4-2)10-9-25-23(34)19-8-7-18(36-19)16-12-20(27-15-5-6-15)32-21(28-16)14(13-26-32)11-17-22(33)30-24(35)29-17/h8,11-13,15,18,27H,3-7,9-10H2,1-2H3,(H,25,34)(H2,29,30,33,35)/b17-11-. The Kier molecular flexibility index (Phi) is 6.97. The van der Waals surface area contributed by atoms with Crippen LogP contribution in [0.15, 0.2) is 28.9 Å². The molecule has 2 fully saturated rings. The van der Waals surface area contributed by atoms with Gasteiger partial charge in [0.1, 0.15) is 11.5 Å². The summed E-state index contributed by atoms with van der Waals surface area (Å²) in [5, 5.41) is 15.7. The van der Waals surface area contributed by atoms with E-state index < -0.39 is 11.9 Å². The molecule has 0 spiro atoms. The number of anilines is 1. The molecule has 36 heavy (non-hydrogen) atoms. The molecule has 4 amide bonds. The average molecular weight is 511 g/mol. The molecule has 1 aliphatic carbocycles. The average Bonchev–Trinajstić information content (AvgIpc) is 3.25. The summed E-state index contributed by atoms with van der Waals surface area (Å²) in [5.74, 6) is 0.281. The van der Waals surface area contributed by atoms with Crippen molar-refractivity contribution in [3.8, 4) is 0 Å². The lowest BCUT2D eigenvalue weighted by Crippen LogP contribution is -2.34. The topological polar surface area (TPSA) is 133 Å². The van der Waals surface area contributed by atoms with Gasteiger partial charge in [0.2, 0.25) is 0 Å². The molecule has 190 valence electrons. The third kappa shape index (κ3) is 5.24. The maximum Gasteiger partial charge on any atom is 0.326 e. The van der Waals surface area contributed by atoms with Crippen LogP contribution in [0.3, 0.4) is 0 Å². The Hall–Kier alpha value is -3.38. The zero-order valence-electron chi connectivity index (χ0n) is 20.3. The van der Waals surface area contributed by atoms with Gasteiger partial charge in [-0.3, -0.25) is 14.9 Å². The normalized spacial score (nSPS) is 20.7. The van der Waals surface area contributed by atoms with E-state index in [1.165, 1.54) is 11.8 Å². The second-order valence-corrected chi connectivity index (χ2v) is 10.2. The molecule has 1 atom stereocenters. The van der Waals surface area contributed by atoms with Crippen LogP contribution in [0.5, 0.6) is 0 Å². The number of imide groups is 1. The van der Waals surface area contributed by atoms with Gasteiger partial charge in [-0.25, -0.2) is 9.78 Å². The largest absolute Gasteiger partial charge is 0.367 e. The molecule has 4 N–H and O–H groups in total. The first kappa shape index (κ1) is 24.3. The maximum atomic E-state index is 12.7. The summed E-state index contributed by atoms with van der Waals surface area (Å²) in [6.07, 6.45) is 8.07. The number of likely N-dealkylation sites (N-methyl/N-ethyl adjacent to an activating group) is 1. The molecular formula is C24H30N8O3S. The van der Waals surface area contributed by atoms with Gasteiger partial charge in [-0.2, -0.15) is 9.61 Å². The summed E-state index contributed by atoms with van der Waals surface area (Å²) in [7, 11) is 0. The van der Waals surface area contributed by atoms with Crippen LogP contribution in [0.4, 0.5) is 10.6 Å². The fourth-order valence-corrected chi connectivity index (χ4v) is 5.30. The predicted molar refractivity (Wildman–Crippen MR) is 138 cm³/mol. The molecule has 0 radical (unpaired) electrons. The number of aromatic nitrogens is 3. The Morgan fingerprint density at radius 1 is 1.28 bits per heavy atom. The second-order valence-electron chi connectivity index (χ2n) is 8.98. The van der Waals surface area contributed by atoms with E-state index in [2.05, 4.69) is 45.1 Å². The summed E-state index contributed by atoms with van der Waals surface area (Å²) in [4.78, 5) is 44.1. The zero-order chi connectivity index (χ0) is 25.2. The van der Waals surface area contributed by atoms with Crippen LogP contribution in [0.25, 0.3) is 11.7 Å². The fourth-order valence-electron chi connectivity index (χ4n) is 4.19. The molecule has 2 aliphatic heterocycles. The summed E-state index contributed by atoms with van der Waals surface area (Å²) in [6, 6.07) is 1.84. The number of carbonyl (C=O) groups is 3. The van der Waals surface area contributed by atoms with Crippen molar-refractivity contribution in [1.82, 2.24) is 35.4 Å². The van der Waals surface area contributed by atoms with Gasteiger partial charge >= 0.3 is 6.03 Å². The molecule has 5 rings (SSSR count). The Bertz CT molecular complexity index is 1260. The van der Waals surface area contributed by atoms with E-state index in [-0.39, 0.29) is 16.9 Å². The summed E-state index contributed by atoms with van der Waals surface area (Å²) in [5.41, 5.74) is 2.18. The number of fused-ring (bicyclic) bond motifs is 1. The lowest BCUT2D eigenvalue weighted by Gasteiger charge is -2.18. The molecule has 1 saturated carbocycles. The number of carbonyl (C=O) groups excluding carboxylic acids is 3. The summed E-state index contributed by atoms with van der Waals surface area (Å²) >= 11 is 1.52. The zero-order valence-corrected chi connectivity index (χ0v) is 21.2. The van der Waals surface area contributed by atoms with Gasteiger partial charge in [0.15, 0.2) is 5.65 Å². The second kappa shape index (κ2) is 10.3. The van der Waals surface area contributed by atoms with Crippen LogP contribution in [-0.2, 0) is 9.59 Å². The molecule has 0 aromatic carbocycles. The molecule has 1 unspecified atom stereocenters. The molecule has 3 aliphatic rings. The van der Waals surface area contributed by atoms with Gasteiger partial charge in [0.25, 0.3) is 11.8 Å². The van der Waals surface area contributed by atoms with Crippen molar-refractivity contribution in [2.75, 3.05) is 31.5 Å². The van der Waals surface area contributed by atoms with E-state index in [1.807, 2.05) is 12.1 Å². The molecule has 12 heteroatoms. The SMILES string of the molecule is CCN(CC)CCNC(=O)C1=CCC(c2cc(NC3CC3)n3ncc(/C=C4\NC(=O)NC4=O)c3n2)S1. The summed E-state index contributed by atoms with van der Waals surface area (Å²) < 4.78 is 1.72. The third-order valence-corrected chi connectivity index (χ3v) is 7.74. The fraction of sp³-hybridized carbons (Fsp3) is 0.458. The van der Waals surface area contributed by atoms with Crippen LogP contribution in [-0.4, -0.2) is 69.6 Å². The summed E-state index contributed by atoms with van der Waals surface area (Å²) in [6.45, 7) is 7.58. The highest BCUT2D eigenvalue weighted by Gasteiger charge is 2.29. The van der Waals surface area contributed by atoms with Crippen LogP contribution in [0, 0.1) is 0 Å². The van der Waals surface area contributed by atoms with Crippen molar-refractivity contribution >= 4 is 47.1 Å². The maximum absolute atomic E-state index is 12.7. The van der Waals surface area contributed by atoms with Crippen LogP contribution < -0.4 is 21.3 Å².